The van der Waals surface area contributed by atoms with Crippen LogP contribution in [0.25, 0.3) is 0 Å². The number of aryl methyl sites for hydroxylation is 2. The molecule has 1 aromatic rings. The zero-order valence-corrected chi connectivity index (χ0v) is 16.5. The highest BCUT2D eigenvalue weighted by molar-refractivity contribution is 5.93. The molecule has 2 atom stereocenters. The molecule has 3 rings (SSSR count). The first kappa shape index (κ1) is 19.8. The Morgan fingerprint density at radius 1 is 1.22 bits per heavy atom. The van der Waals surface area contributed by atoms with Crippen molar-refractivity contribution in [2.45, 2.75) is 45.6 Å². The topological polar surface area (TPSA) is 73.5 Å². The summed E-state index contributed by atoms with van der Waals surface area (Å²) in [7, 11) is 0. The number of rotatable bonds is 6. The van der Waals surface area contributed by atoms with Gasteiger partial charge >= 0.3 is 0 Å². The summed E-state index contributed by atoms with van der Waals surface area (Å²) in [4.78, 5) is 26.8. The summed E-state index contributed by atoms with van der Waals surface area (Å²) in [6.45, 7) is 7.90. The fourth-order valence-electron chi connectivity index (χ4n) is 4.08. The minimum atomic E-state index is -0.0202. The van der Waals surface area contributed by atoms with Crippen LogP contribution in [-0.2, 0) is 9.59 Å². The Morgan fingerprint density at radius 3 is 2.81 bits per heavy atom. The first-order valence-electron chi connectivity index (χ1n) is 10.1. The average Bonchev–Trinajstić information content (AvgIpc) is 3.17. The molecule has 0 aliphatic carbocycles. The molecule has 2 aliphatic heterocycles. The summed E-state index contributed by atoms with van der Waals surface area (Å²) in [6, 6.07) is 6.04. The van der Waals surface area contributed by atoms with Crippen molar-refractivity contribution in [2.75, 3.05) is 38.0 Å². The number of carbonyl (C=O) groups excluding carboxylic acids is 2. The van der Waals surface area contributed by atoms with Crippen LogP contribution in [0, 0.1) is 19.8 Å². The lowest BCUT2D eigenvalue weighted by Gasteiger charge is -2.32. The first-order chi connectivity index (χ1) is 13.0. The van der Waals surface area contributed by atoms with Crippen LogP contribution in [0.4, 0.5) is 5.69 Å². The van der Waals surface area contributed by atoms with Gasteiger partial charge in [0.2, 0.25) is 11.8 Å². The Labute approximate surface area is 162 Å². The SMILES string of the molecule is Cc1ccc(NC(=O)CN2CCCC(CNC(=O)C3CCCN3)C2)c(C)c1. The quantitative estimate of drug-likeness (QED) is 0.712. The summed E-state index contributed by atoms with van der Waals surface area (Å²) >= 11 is 0. The highest BCUT2D eigenvalue weighted by Gasteiger charge is 2.25. The van der Waals surface area contributed by atoms with E-state index in [2.05, 4.69) is 26.9 Å². The van der Waals surface area contributed by atoms with Crippen LogP contribution in [0.2, 0.25) is 0 Å². The zero-order valence-electron chi connectivity index (χ0n) is 16.5. The highest BCUT2D eigenvalue weighted by atomic mass is 16.2. The van der Waals surface area contributed by atoms with Crippen LogP contribution in [-0.4, -0.2) is 55.5 Å². The van der Waals surface area contributed by atoms with Crippen molar-refractivity contribution in [3.05, 3.63) is 29.3 Å². The molecule has 0 spiro atoms. The number of carbonyl (C=O) groups is 2. The summed E-state index contributed by atoms with van der Waals surface area (Å²) < 4.78 is 0. The molecule has 1 aromatic carbocycles. The van der Waals surface area contributed by atoms with Gasteiger partial charge in [0.1, 0.15) is 0 Å². The molecule has 2 saturated heterocycles. The van der Waals surface area contributed by atoms with Crippen molar-refractivity contribution in [3.63, 3.8) is 0 Å². The molecule has 3 N–H and O–H groups in total. The third kappa shape index (κ3) is 5.78. The number of nitrogens with zero attached hydrogens (tertiary/aromatic N) is 1. The molecule has 2 heterocycles. The minimum Gasteiger partial charge on any atom is -0.354 e. The molecular formula is C21H32N4O2. The van der Waals surface area contributed by atoms with E-state index < -0.39 is 0 Å². The fraction of sp³-hybridized carbons (Fsp3) is 0.619. The lowest BCUT2D eigenvalue weighted by atomic mass is 9.97. The Balaban J connectivity index is 1.43. The number of piperidine rings is 1. The number of hydrogen-bond acceptors (Lipinski definition) is 4. The molecule has 2 fully saturated rings. The van der Waals surface area contributed by atoms with E-state index in [0.717, 1.165) is 56.6 Å². The second-order valence-corrected chi connectivity index (χ2v) is 8.00. The molecule has 2 aliphatic rings. The fourth-order valence-corrected chi connectivity index (χ4v) is 4.08. The molecule has 27 heavy (non-hydrogen) atoms. The maximum atomic E-state index is 12.4. The molecule has 0 bridgehead atoms. The van der Waals surface area contributed by atoms with E-state index in [1.165, 1.54) is 5.56 Å². The number of anilines is 1. The summed E-state index contributed by atoms with van der Waals surface area (Å²) in [5.41, 5.74) is 3.16. The zero-order chi connectivity index (χ0) is 19.2. The van der Waals surface area contributed by atoms with Gasteiger partial charge in [-0.25, -0.2) is 0 Å². The second-order valence-electron chi connectivity index (χ2n) is 8.00. The largest absolute Gasteiger partial charge is 0.354 e. The minimum absolute atomic E-state index is 0.0202. The maximum absolute atomic E-state index is 12.4. The summed E-state index contributed by atoms with van der Waals surface area (Å²) in [5.74, 6) is 0.567. The van der Waals surface area contributed by atoms with Crippen molar-refractivity contribution in [2.24, 2.45) is 5.92 Å². The van der Waals surface area contributed by atoms with E-state index >= 15 is 0 Å². The van der Waals surface area contributed by atoms with Crippen molar-refractivity contribution in [1.29, 1.82) is 0 Å². The Morgan fingerprint density at radius 2 is 2.07 bits per heavy atom. The van der Waals surface area contributed by atoms with Crippen LogP contribution in [0.5, 0.6) is 0 Å². The van der Waals surface area contributed by atoms with Crippen molar-refractivity contribution in [3.8, 4) is 0 Å². The average molecular weight is 373 g/mol. The van der Waals surface area contributed by atoms with Gasteiger partial charge in [0.05, 0.1) is 12.6 Å². The molecule has 6 nitrogen and oxygen atoms in total. The van der Waals surface area contributed by atoms with E-state index in [9.17, 15) is 9.59 Å². The molecule has 0 aromatic heterocycles. The van der Waals surface area contributed by atoms with Gasteiger partial charge in [0.25, 0.3) is 0 Å². The van der Waals surface area contributed by atoms with Crippen LogP contribution in [0.15, 0.2) is 18.2 Å². The summed E-state index contributed by atoms with van der Waals surface area (Å²) in [5, 5.41) is 9.36. The maximum Gasteiger partial charge on any atom is 0.238 e. The number of hydrogen-bond donors (Lipinski definition) is 3. The molecule has 6 heteroatoms. The Bertz CT molecular complexity index is 670. The smallest absolute Gasteiger partial charge is 0.238 e. The molecule has 2 amide bonds. The molecule has 0 saturated carbocycles. The first-order valence-corrected chi connectivity index (χ1v) is 10.1. The van der Waals surface area contributed by atoms with Crippen molar-refractivity contribution in [1.82, 2.24) is 15.5 Å². The standard InChI is InChI=1S/C21H32N4O2/c1-15-7-8-18(16(2)11-15)24-20(26)14-25-10-4-5-17(13-25)12-23-21(27)19-6-3-9-22-19/h7-8,11,17,19,22H,3-6,9-10,12-14H2,1-2H3,(H,23,27)(H,24,26). The Kier molecular flexibility index (Phi) is 6.85. The van der Waals surface area contributed by atoms with Crippen LogP contribution in [0.1, 0.15) is 36.8 Å². The lowest BCUT2D eigenvalue weighted by Crippen LogP contribution is -2.46. The number of likely N-dealkylation sites (tertiary alicyclic amines) is 1. The number of amides is 2. The second kappa shape index (κ2) is 9.33. The normalized spacial score (nSPS) is 23.2. The van der Waals surface area contributed by atoms with E-state index in [4.69, 9.17) is 0 Å². The van der Waals surface area contributed by atoms with Crippen LogP contribution in [0.3, 0.4) is 0 Å². The molecule has 0 radical (unpaired) electrons. The lowest BCUT2D eigenvalue weighted by molar-refractivity contribution is -0.123. The molecule has 2 unspecified atom stereocenters. The predicted molar refractivity (Wildman–Crippen MR) is 108 cm³/mol. The van der Waals surface area contributed by atoms with Crippen LogP contribution < -0.4 is 16.0 Å². The van der Waals surface area contributed by atoms with Gasteiger partial charge in [-0.05, 0) is 70.2 Å². The van der Waals surface area contributed by atoms with Gasteiger partial charge in [-0.3, -0.25) is 14.5 Å². The van der Waals surface area contributed by atoms with E-state index in [-0.39, 0.29) is 17.9 Å². The van der Waals surface area contributed by atoms with Gasteiger partial charge in [0.15, 0.2) is 0 Å². The number of benzene rings is 1. The third-order valence-electron chi connectivity index (χ3n) is 5.57. The summed E-state index contributed by atoms with van der Waals surface area (Å²) in [6.07, 6.45) is 4.18. The Hall–Kier alpha value is -1.92. The third-order valence-corrected chi connectivity index (χ3v) is 5.57. The van der Waals surface area contributed by atoms with Gasteiger partial charge in [-0.15, -0.1) is 0 Å². The molecular weight excluding hydrogens is 340 g/mol. The van der Waals surface area contributed by atoms with E-state index in [0.29, 0.717) is 19.0 Å². The molecule has 148 valence electrons. The number of nitrogens with one attached hydrogen (secondary N) is 3. The van der Waals surface area contributed by atoms with Gasteiger partial charge in [-0.2, -0.15) is 0 Å². The highest BCUT2D eigenvalue weighted by Crippen LogP contribution is 2.18. The van der Waals surface area contributed by atoms with Crippen molar-refractivity contribution < 1.29 is 9.59 Å². The van der Waals surface area contributed by atoms with E-state index in [1.54, 1.807) is 0 Å². The van der Waals surface area contributed by atoms with Gasteiger partial charge in [0, 0.05) is 18.8 Å². The van der Waals surface area contributed by atoms with Crippen LogP contribution >= 0.6 is 0 Å². The predicted octanol–water partition coefficient (Wildman–Crippen LogP) is 1.82. The monoisotopic (exact) mass is 372 g/mol. The van der Waals surface area contributed by atoms with Gasteiger partial charge in [-0.1, -0.05) is 17.7 Å². The van der Waals surface area contributed by atoms with Crippen molar-refractivity contribution >= 4 is 17.5 Å². The van der Waals surface area contributed by atoms with E-state index in [1.807, 2.05) is 26.0 Å². The van der Waals surface area contributed by atoms with Gasteiger partial charge < -0.3 is 16.0 Å².